The van der Waals surface area contributed by atoms with E-state index in [4.69, 9.17) is 0 Å². The lowest BCUT2D eigenvalue weighted by atomic mass is 9.99. The van der Waals surface area contributed by atoms with Crippen LogP contribution in [0.4, 0.5) is 0 Å². The highest BCUT2D eigenvalue weighted by Gasteiger charge is 2.19. The van der Waals surface area contributed by atoms with Crippen molar-refractivity contribution in [3.63, 3.8) is 0 Å². The molecule has 5 nitrogen and oxygen atoms in total. The summed E-state index contributed by atoms with van der Waals surface area (Å²) >= 11 is 1.63. The van der Waals surface area contributed by atoms with Crippen LogP contribution in [0, 0.1) is 0 Å². The van der Waals surface area contributed by atoms with Crippen molar-refractivity contribution in [2.24, 2.45) is 5.16 Å². The second-order valence-corrected chi connectivity index (χ2v) is 6.55. The monoisotopic (exact) mass is 296 g/mol. The Morgan fingerprint density at radius 1 is 1.10 bits per heavy atom. The Balaban J connectivity index is 1.97. The van der Waals surface area contributed by atoms with Crippen LogP contribution in [0.1, 0.15) is 64.2 Å². The Labute approximate surface area is 124 Å². The molecule has 1 aliphatic carbocycles. The molecule has 1 aromatic rings. The van der Waals surface area contributed by atoms with Crippen molar-refractivity contribution in [2.75, 3.05) is 0 Å². The first-order valence-electron chi connectivity index (χ1n) is 7.63. The summed E-state index contributed by atoms with van der Waals surface area (Å²) in [6.45, 7) is 0. The molecular weight excluding hydrogens is 272 g/mol. The van der Waals surface area contributed by atoms with Crippen molar-refractivity contribution in [1.82, 2.24) is 15.2 Å². The van der Waals surface area contributed by atoms with Gasteiger partial charge in [0.25, 0.3) is 0 Å². The van der Waals surface area contributed by atoms with Gasteiger partial charge in [0.2, 0.25) is 0 Å². The van der Waals surface area contributed by atoms with Gasteiger partial charge in [-0.05, 0) is 19.3 Å². The summed E-state index contributed by atoms with van der Waals surface area (Å²) in [5.74, 6) is 0. The largest absolute Gasteiger partial charge is 0.411 e. The van der Waals surface area contributed by atoms with Crippen LogP contribution in [0.5, 0.6) is 0 Å². The number of hydrogen-bond donors (Lipinski definition) is 2. The molecule has 0 amide bonds. The van der Waals surface area contributed by atoms with Crippen LogP contribution < -0.4 is 0 Å². The molecule has 1 fully saturated rings. The molecule has 0 spiro atoms. The average molecular weight is 296 g/mol. The molecule has 0 bridgehead atoms. The van der Waals surface area contributed by atoms with E-state index in [1.165, 1.54) is 51.3 Å². The fourth-order valence-corrected chi connectivity index (χ4v) is 3.72. The number of hydrogen-bond acceptors (Lipinski definition) is 5. The first-order valence-corrected chi connectivity index (χ1v) is 8.51. The molecule has 1 heterocycles. The number of thioether (sulfide) groups is 1. The first-order chi connectivity index (χ1) is 9.90. The number of H-pyrrole nitrogens is 1. The van der Waals surface area contributed by atoms with Gasteiger partial charge in [0.15, 0.2) is 5.16 Å². The fourth-order valence-electron chi connectivity index (χ4n) is 2.65. The zero-order valence-corrected chi connectivity index (χ0v) is 12.7. The zero-order chi connectivity index (χ0) is 14.0. The topological polar surface area (TPSA) is 74.2 Å². The van der Waals surface area contributed by atoms with Crippen molar-refractivity contribution in [3.05, 3.63) is 6.33 Å². The van der Waals surface area contributed by atoms with Gasteiger partial charge >= 0.3 is 0 Å². The van der Waals surface area contributed by atoms with Crippen LogP contribution in [-0.2, 0) is 0 Å². The third kappa shape index (κ3) is 5.15. The number of nitrogens with one attached hydrogen (secondary N) is 1. The van der Waals surface area contributed by atoms with Crippen LogP contribution in [0.2, 0.25) is 0 Å². The molecule has 0 radical (unpaired) electrons. The third-order valence-electron chi connectivity index (χ3n) is 3.80. The molecular formula is C14H24N4OS. The van der Waals surface area contributed by atoms with E-state index in [9.17, 15) is 5.21 Å². The molecule has 1 saturated carbocycles. The Morgan fingerprint density at radius 2 is 1.80 bits per heavy atom. The molecule has 1 aliphatic rings. The highest BCUT2D eigenvalue weighted by Crippen LogP contribution is 2.27. The number of aromatic amines is 1. The van der Waals surface area contributed by atoms with E-state index in [2.05, 4.69) is 20.3 Å². The molecule has 6 heteroatoms. The van der Waals surface area contributed by atoms with E-state index in [0.29, 0.717) is 0 Å². The van der Waals surface area contributed by atoms with Crippen LogP contribution in [0.3, 0.4) is 0 Å². The first kappa shape index (κ1) is 15.4. The van der Waals surface area contributed by atoms with E-state index >= 15 is 0 Å². The quantitative estimate of drug-likeness (QED) is 0.638. The van der Waals surface area contributed by atoms with Crippen LogP contribution in [-0.4, -0.2) is 31.4 Å². The minimum Gasteiger partial charge on any atom is -0.411 e. The molecule has 20 heavy (non-hydrogen) atoms. The van der Waals surface area contributed by atoms with Gasteiger partial charge in [0, 0.05) is 0 Å². The summed E-state index contributed by atoms with van der Waals surface area (Å²) in [5.41, 5.74) is 0.909. The fraction of sp³-hybridized carbons (Fsp3) is 0.786. The Hall–Kier alpha value is -1.04. The zero-order valence-electron chi connectivity index (χ0n) is 11.9. The lowest BCUT2D eigenvalue weighted by Crippen LogP contribution is -2.18. The summed E-state index contributed by atoms with van der Waals surface area (Å²) in [7, 11) is 0. The van der Waals surface area contributed by atoms with Crippen molar-refractivity contribution < 1.29 is 5.21 Å². The van der Waals surface area contributed by atoms with E-state index < -0.39 is 0 Å². The van der Waals surface area contributed by atoms with Gasteiger partial charge in [0.05, 0.1) is 11.0 Å². The van der Waals surface area contributed by atoms with Crippen molar-refractivity contribution in [3.8, 4) is 0 Å². The number of rotatable bonds is 2. The van der Waals surface area contributed by atoms with E-state index in [1.807, 2.05) is 0 Å². The summed E-state index contributed by atoms with van der Waals surface area (Å²) < 4.78 is 0. The number of nitrogens with zero attached hydrogens (tertiary/aromatic N) is 3. The van der Waals surface area contributed by atoms with E-state index in [-0.39, 0.29) is 5.25 Å². The predicted octanol–water partition coefficient (Wildman–Crippen LogP) is 4.01. The maximum atomic E-state index is 9.32. The molecule has 0 aromatic carbocycles. The molecule has 1 aromatic heterocycles. The highest BCUT2D eigenvalue weighted by atomic mass is 32.2. The summed E-state index contributed by atoms with van der Waals surface area (Å²) in [5, 5.41) is 20.7. The minimum atomic E-state index is 0.215. The third-order valence-corrected chi connectivity index (χ3v) is 5.01. The lowest BCUT2D eigenvalue weighted by Gasteiger charge is -2.17. The van der Waals surface area contributed by atoms with Gasteiger partial charge < -0.3 is 5.21 Å². The molecule has 0 aliphatic heterocycles. The van der Waals surface area contributed by atoms with Gasteiger partial charge in [-0.25, -0.2) is 4.98 Å². The molecule has 2 N–H and O–H groups in total. The summed E-state index contributed by atoms with van der Waals surface area (Å²) in [4.78, 5) is 4.17. The normalized spacial score (nSPS) is 25.0. The van der Waals surface area contributed by atoms with Crippen molar-refractivity contribution >= 4 is 17.5 Å². The van der Waals surface area contributed by atoms with E-state index in [0.717, 1.165) is 30.1 Å². The molecule has 0 unspecified atom stereocenters. The summed E-state index contributed by atoms with van der Waals surface area (Å²) in [6.07, 6.45) is 13.6. The average Bonchev–Trinajstić information content (AvgIpc) is 2.95. The summed E-state index contributed by atoms with van der Waals surface area (Å²) in [6, 6.07) is 0. The second kappa shape index (κ2) is 9.00. The number of oxime groups is 1. The van der Waals surface area contributed by atoms with Crippen LogP contribution >= 0.6 is 11.8 Å². The predicted molar refractivity (Wildman–Crippen MR) is 81.4 cm³/mol. The van der Waals surface area contributed by atoms with Gasteiger partial charge in [-0.1, -0.05) is 61.9 Å². The Kier molecular flexibility index (Phi) is 6.91. The standard InChI is InChI=1S/C14H24N4OS/c19-18-12-9-7-5-3-1-2-4-6-8-10-13(12)20-14-15-11-16-17-14/h11,13,19H,1-10H2,(H,15,16,17)/b18-12+/t13-/m1/s1. The maximum absolute atomic E-state index is 9.32. The molecule has 112 valence electrons. The Bertz CT molecular complexity index is 394. The Morgan fingerprint density at radius 3 is 2.45 bits per heavy atom. The van der Waals surface area contributed by atoms with Crippen molar-refractivity contribution in [2.45, 2.75) is 74.6 Å². The molecule has 1 atom stereocenters. The maximum Gasteiger partial charge on any atom is 0.184 e. The minimum absolute atomic E-state index is 0.215. The molecule has 0 saturated heterocycles. The van der Waals surface area contributed by atoms with Crippen molar-refractivity contribution in [1.29, 1.82) is 0 Å². The smallest absolute Gasteiger partial charge is 0.184 e. The van der Waals surface area contributed by atoms with Gasteiger partial charge in [-0.15, -0.1) is 0 Å². The van der Waals surface area contributed by atoms with Gasteiger partial charge in [0.1, 0.15) is 6.33 Å². The number of aromatic nitrogens is 3. The van der Waals surface area contributed by atoms with Crippen LogP contribution in [0.15, 0.2) is 16.6 Å². The van der Waals surface area contributed by atoms with Crippen LogP contribution in [0.25, 0.3) is 0 Å². The SMILES string of the molecule is O/N=C1\CCCCCCCCCC[C@H]1Sc1ncn[nH]1. The highest BCUT2D eigenvalue weighted by molar-refractivity contribution is 8.00. The lowest BCUT2D eigenvalue weighted by molar-refractivity contribution is 0.315. The van der Waals surface area contributed by atoms with Gasteiger partial charge in [-0.2, -0.15) is 5.10 Å². The molecule has 2 rings (SSSR count). The second-order valence-electron chi connectivity index (χ2n) is 5.36. The van der Waals surface area contributed by atoms with Gasteiger partial charge in [-0.3, -0.25) is 5.10 Å². The van der Waals surface area contributed by atoms with E-state index in [1.54, 1.807) is 11.8 Å².